The molecule has 82 valence electrons. The molecule has 0 aliphatic carbocycles. The first-order chi connectivity index (χ1) is 7.24. The third kappa shape index (κ3) is 2.99. The van der Waals surface area contributed by atoms with Gasteiger partial charge in [0.15, 0.2) is 0 Å². The van der Waals surface area contributed by atoms with Crippen molar-refractivity contribution < 1.29 is 8.78 Å². The molecule has 1 N–H and O–H groups in total. The smallest absolute Gasteiger partial charge is 0.126 e. The van der Waals surface area contributed by atoms with Crippen molar-refractivity contribution in [3.63, 3.8) is 0 Å². The summed E-state index contributed by atoms with van der Waals surface area (Å²) in [6.07, 6.45) is 4.09. The van der Waals surface area contributed by atoms with Gasteiger partial charge in [-0.2, -0.15) is 0 Å². The van der Waals surface area contributed by atoms with E-state index in [0.29, 0.717) is 6.04 Å². The molecule has 1 heterocycles. The van der Waals surface area contributed by atoms with Crippen LogP contribution in [0, 0.1) is 11.6 Å². The molecule has 0 aromatic heterocycles. The van der Waals surface area contributed by atoms with Gasteiger partial charge in [-0.15, -0.1) is 0 Å². The van der Waals surface area contributed by atoms with Gasteiger partial charge in [0.05, 0.1) is 0 Å². The molecule has 1 unspecified atom stereocenters. The highest BCUT2D eigenvalue weighted by Crippen LogP contribution is 2.14. The zero-order chi connectivity index (χ0) is 10.7. The number of halogens is 2. The minimum Gasteiger partial charge on any atom is -0.314 e. The predicted molar refractivity (Wildman–Crippen MR) is 55.7 cm³/mol. The van der Waals surface area contributed by atoms with Crippen molar-refractivity contribution in [3.05, 3.63) is 35.4 Å². The molecule has 0 spiro atoms. The highest BCUT2D eigenvalue weighted by molar-refractivity contribution is 5.18. The van der Waals surface area contributed by atoms with Crippen LogP contribution in [0.4, 0.5) is 8.78 Å². The Bertz CT molecular complexity index is 312. The molecule has 0 radical (unpaired) electrons. The standard InChI is InChI=1S/C12H15F2N/c13-10-6-9(7-11(14)8-10)3-4-12-2-1-5-15-12/h6-8,12,15H,1-5H2. The van der Waals surface area contributed by atoms with E-state index >= 15 is 0 Å². The number of nitrogens with one attached hydrogen (secondary N) is 1. The summed E-state index contributed by atoms with van der Waals surface area (Å²) >= 11 is 0. The molecule has 1 saturated heterocycles. The fourth-order valence-electron chi connectivity index (χ4n) is 2.10. The molecule has 0 amide bonds. The van der Waals surface area contributed by atoms with Crippen LogP contribution in [-0.2, 0) is 6.42 Å². The van der Waals surface area contributed by atoms with Gasteiger partial charge in [-0.3, -0.25) is 0 Å². The van der Waals surface area contributed by atoms with E-state index < -0.39 is 11.6 Å². The molecular weight excluding hydrogens is 196 g/mol. The van der Waals surface area contributed by atoms with Gasteiger partial charge < -0.3 is 5.32 Å². The van der Waals surface area contributed by atoms with E-state index in [1.54, 1.807) is 0 Å². The topological polar surface area (TPSA) is 12.0 Å². The van der Waals surface area contributed by atoms with Gasteiger partial charge in [0, 0.05) is 12.1 Å². The molecule has 15 heavy (non-hydrogen) atoms. The quantitative estimate of drug-likeness (QED) is 0.810. The largest absolute Gasteiger partial charge is 0.314 e. The Balaban J connectivity index is 1.92. The van der Waals surface area contributed by atoms with Crippen molar-refractivity contribution in [3.8, 4) is 0 Å². The molecule has 1 atom stereocenters. The van der Waals surface area contributed by atoms with Crippen LogP contribution in [0.3, 0.4) is 0 Å². The monoisotopic (exact) mass is 211 g/mol. The van der Waals surface area contributed by atoms with Crippen LogP contribution in [0.15, 0.2) is 18.2 Å². The van der Waals surface area contributed by atoms with Crippen molar-refractivity contribution in [2.75, 3.05) is 6.54 Å². The lowest BCUT2D eigenvalue weighted by atomic mass is 10.0. The molecule has 0 bridgehead atoms. The first-order valence-electron chi connectivity index (χ1n) is 5.42. The van der Waals surface area contributed by atoms with E-state index in [-0.39, 0.29) is 0 Å². The SMILES string of the molecule is Fc1cc(F)cc(CCC2CCCN2)c1. The summed E-state index contributed by atoms with van der Waals surface area (Å²) in [4.78, 5) is 0. The van der Waals surface area contributed by atoms with Crippen molar-refractivity contribution >= 4 is 0 Å². The lowest BCUT2D eigenvalue weighted by Crippen LogP contribution is -2.21. The first kappa shape index (κ1) is 10.6. The van der Waals surface area contributed by atoms with Crippen molar-refractivity contribution in [2.24, 2.45) is 0 Å². The van der Waals surface area contributed by atoms with Crippen LogP contribution in [0.25, 0.3) is 0 Å². The maximum atomic E-state index is 12.9. The van der Waals surface area contributed by atoms with Crippen LogP contribution < -0.4 is 5.32 Å². The zero-order valence-electron chi connectivity index (χ0n) is 8.60. The van der Waals surface area contributed by atoms with Gasteiger partial charge in [-0.05, 0) is 49.9 Å². The third-order valence-electron chi connectivity index (χ3n) is 2.87. The van der Waals surface area contributed by atoms with Gasteiger partial charge in [-0.25, -0.2) is 8.78 Å². The minimum absolute atomic E-state index is 0.482. The molecule has 1 aromatic rings. The van der Waals surface area contributed by atoms with Gasteiger partial charge in [0.25, 0.3) is 0 Å². The summed E-state index contributed by atoms with van der Waals surface area (Å²) in [7, 11) is 0. The number of rotatable bonds is 3. The Kier molecular flexibility index (Phi) is 3.31. The van der Waals surface area contributed by atoms with Gasteiger partial charge in [-0.1, -0.05) is 0 Å². The number of hydrogen-bond donors (Lipinski definition) is 1. The molecule has 1 aliphatic rings. The van der Waals surface area contributed by atoms with E-state index in [1.165, 1.54) is 25.0 Å². The van der Waals surface area contributed by atoms with Crippen LogP contribution in [0.2, 0.25) is 0 Å². The maximum absolute atomic E-state index is 12.9. The molecule has 0 saturated carbocycles. The molecule has 1 aliphatic heterocycles. The lowest BCUT2D eigenvalue weighted by Gasteiger charge is -2.09. The number of hydrogen-bond acceptors (Lipinski definition) is 1. The summed E-state index contributed by atoms with van der Waals surface area (Å²) in [5.74, 6) is -0.964. The lowest BCUT2D eigenvalue weighted by molar-refractivity contribution is 0.549. The van der Waals surface area contributed by atoms with E-state index in [9.17, 15) is 8.78 Å². The van der Waals surface area contributed by atoms with Gasteiger partial charge >= 0.3 is 0 Å². The first-order valence-corrected chi connectivity index (χ1v) is 5.42. The normalized spacial score (nSPS) is 20.8. The zero-order valence-corrected chi connectivity index (χ0v) is 8.60. The van der Waals surface area contributed by atoms with Crippen LogP contribution in [0.5, 0.6) is 0 Å². The molecule has 3 heteroatoms. The second-order valence-electron chi connectivity index (χ2n) is 4.11. The van der Waals surface area contributed by atoms with Crippen molar-refractivity contribution in [2.45, 2.75) is 31.7 Å². The Hall–Kier alpha value is -0.960. The molecule has 1 fully saturated rings. The molecular formula is C12H15F2N. The van der Waals surface area contributed by atoms with E-state index in [1.807, 2.05) is 0 Å². The maximum Gasteiger partial charge on any atom is 0.126 e. The van der Waals surface area contributed by atoms with Crippen LogP contribution in [-0.4, -0.2) is 12.6 Å². The predicted octanol–water partition coefficient (Wildman–Crippen LogP) is 2.65. The second kappa shape index (κ2) is 4.71. The molecule has 2 rings (SSSR count). The summed E-state index contributed by atoms with van der Waals surface area (Å²) < 4.78 is 25.7. The fraction of sp³-hybridized carbons (Fsp3) is 0.500. The van der Waals surface area contributed by atoms with E-state index in [0.717, 1.165) is 31.0 Å². The molecule has 1 nitrogen and oxygen atoms in total. The number of benzene rings is 1. The Labute approximate surface area is 88.5 Å². The van der Waals surface area contributed by atoms with E-state index in [4.69, 9.17) is 0 Å². The fourth-order valence-corrected chi connectivity index (χ4v) is 2.10. The Morgan fingerprint density at radius 1 is 1.20 bits per heavy atom. The van der Waals surface area contributed by atoms with Crippen molar-refractivity contribution in [1.82, 2.24) is 5.32 Å². The Morgan fingerprint density at radius 3 is 2.53 bits per heavy atom. The van der Waals surface area contributed by atoms with Crippen LogP contribution in [0.1, 0.15) is 24.8 Å². The summed E-state index contributed by atoms with van der Waals surface area (Å²) in [5.41, 5.74) is 0.751. The molecule has 1 aromatic carbocycles. The second-order valence-corrected chi connectivity index (χ2v) is 4.11. The number of aryl methyl sites for hydroxylation is 1. The van der Waals surface area contributed by atoms with Gasteiger partial charge in [0.2, 0.25) is 0 Å². The Morgan fingerprint density at radius 2 is 1.93 bits per heavy atom. The average molecular weight is 211 g/mol. The average Bonchev–Trinajstić information content (AvgIpc) is 2.65. The van der Waals surface area contributed by atoms with E-state index in [2.05, 4.69) is 5.32 Å². The summed E-state index contributed by atoms with van der Waals surface area (Å²) in [6, 6.07) is 4.27. The van der Waals surface area contributed by atoms with Crippen LogP contribution >= 0.6 is 0 Å². The summed E-state index contributed by atoms with van der Waals surface area (Å²) in [6.45, 7) is 1.07. The highest BCUT2D eigenvalue weighted by atomic mass is 19.1. The minimum atomic E-state index is -0.482. The third-order valence-corrected chi connectivity index (χ3v) is 2.87. The highest BCUT2D eigenvalue weighted by Gasteiger charge is 2.13. The van der Waals surface area contributed by atoms with Gasteiger partial charge in [0.1, 0.15) is 11.6 Å². The van der Waals surface area contributed by atoms with Crippen molar-refractivity contribution in [1.29, 1.82) is 0 Å². The summed E-state index contributed by atoms with van der Waals surface area (Å²) in [5, 5.41) is 3.37.